The summed E-state index contributed by atoms with van der Waals surface area (Å²) >= 11 is 1.50. The van der Waals surface area contributed by atoms with Crippen LogP contribution in [0.15, 0.2) is 45.6 Å². The second-order valence-corrected chi connectivity index (χ2v) is 9.33. The Bertz CT molecular complexity index is 1000. The summed E-state index contributed by atoms with van der Waals surface area (Å²) in [6.07, 6.45) is 1.52. The molecule has 0 saturated heterocycles. The zero-order valence-electron chi connectivity index (χ0n) is 20.0. The van der Waals surface area contributed by atoms with Gasteiger partial charge in [0.15, 0.2) is 0 Å². The lowest BCUT2D eigenvalue weighted by Gasteiger charge is -2.29. The Morgan fingerprint density at radius 2 is 2.03 bits per heavy atom. The number of rotatable bonds is 7. The molecule has 0 spiro atoms. The van der Waals surface area contributed by atoms with E-state index in [1.165, 1.54) is 24.5 Å². The van der Waals surface area contributed by atoms with Crippen LogP contribution in [0.5, 0.6) is 0 Å². The van der Waals surface area contributed by atoms with Crippen molar-refractivity contribution in [2.45, 2.75) is 60.2 Å². The number of thiophene rings is 1. The summed E-state index contributed by atoms with van der Waals surface area (Å²) in [6, 6.07) is 0. The third kappa shape index (κ3) is 5.88. The molecule has 2 N–H and O–H groups in total. The molecule has 0 atom stereocenters. The summed E-state index contributed by atoms with van der Waals surface area (Å²) in [5.41, 5.74) is 6.93. The molecule has 0 unspecified atom stereocenters. The topological polar surface area (TPSA) is 67.9 Å². The van der Waals surface area contributed by atoms with Gasteiger partial charge < -0.3 is 15.4 Å². The zero-order valence-corrected chi connectivity index (χ0v) is 20.8. The molecule has 9 heteroatoms. The fourth-order valence-corrected chi connectivity index (χ4v) is 4.51. The molecule has 0 saturated carbocycles. The van der Waals surface area contributed by atoms with Gasteiger partial charge in [0.2, 0.25) is 5.91 Å². The minimum Gasteiger partial charge on any atom is -0.500 e. The molecule has 1 amide bonds. The monoisotopic (exact) mass is 483 g/mol. The normalized spacial score (nSPS) is 16.7. The van der Waals surface area contributed by atoms with Crippen molar-refractivity contribution < 1.29 is 22.7 Å². The Morgan fingerprint density at radius 1 is 1.36 bits per heavy atom. The number of ether oxygens (including phenoxy) is 1. The number of nitrogens with two attached hydrogens (primary N) is 1. The standard InChI is InChI=1S/C24H32F3N3O2S/c1-7-9-16(12-20(32-6)23(4,5)24(25,26)27)29-21(28)18-14-33-19-13-30(11-10-17(18)19)22(31)15(3)8-2/h8-9,12,14H,7,10-11,13H2,1-6H3,(H2,28,29)/b15-8+,16-9-,20-12-. The quantitative estimate of drug-likeness (QED) is 0.177. The highest BCUT2D eigenvalue weighted by Gasteiger charge is 2.51. The van der Waals surface area contributed by atoms with Crippen molar-refractivity contribution in [1.82, 2.24) is 4.90 Å². The molecule has 2 heterocycles. The molecule has 1 aliphatic heterocycles. The minimum absolute atomic E-state index is 0.0115. The van der Waals surface area contributed by atoms with Gasteiger partial charge in [-0.15, -0.1) is 11.3 Å². The number of carbonyl (C=O) groups is 1. The van der Waals surface area contributed by atoms with E-state index in [1.54, 1.807) is 24.0 Å². The molecule has 1 aromatic heterocycles. The van der Waals surface area contributed by atoms with E-state index in [1.807, 2.05) is 19.2 Å². The first-order valence-corrected chi connectivity index (χ1v) is 11.6. The van der Waals surface area contributed by atoms with E-state index in [-0.39, 0.29) is 17.5 Å². The highest BCUT2D eigenvalue weighted by molar-refractivity contribution is 7.10. The van der Waals surface area contributed by atoms with Gasteiger partial charge >= 0.3 is 6.18 Å². The van der Waals surface area contributed by atoms with Crippen molar-refractivity contribution in [2.24, 2.45) is 16.1 Å². The molecule has 0 aliphatic carbocycles. The summed E-state index contributed by atoms with van der Waals surface area (Å²) in [4.78, 5) is 19.8. The lowest BCUT2D eigenvalue weighted by Crippen LogP contribution is -2.36. The number of methoxy groups -OCH3 is 1. The van der Waals surface area contributed by atoms with Crippen LogP contribution >= 0.6 is 11.3 Å². The summed E-state index contributed by atoms with van der Waals surface area (Å²) in [7, 11) is 1.22. The highest BCUT2D eigenvalue weighted by Crippen LogP contribution is 2.44. The summed E-state index contributed by atoms with van der Waals surface area (Å²) in [5, 5.41) is 1.89. The van der Waals surface area contributed by atoms with E-state index in [2.05, 4.69) is 4.99 Å². The number of hydrogen-bond donors (Lipinski definition) is 1. The van der Waals surface area contributed by atoms with Crippen LogP contribution in [0.25, 0.3) is 0 Å². The molecule has 0 radical (unpaired) electrons. The lowest BCUT2D eigenvalue weighted by molar-refractivity contribution is -0.208. The molecule has 1 aliphatic rings. The first kappa shape index (κ1) is 26.7. The number of allylic oxidation sites excluding steroid dienone is 4. The maximum Gasteiger partial charge on any atom is 0.400 e. The maximum absolute atomic E-state index is 13.5. The Kier molecular flexibility index (Phi) is 8.57. The number of amides is 1. The summed E-state index contributed by atoms with van der Waals surface area (Å²) < 4.78 is 45.6. The second kappa shape index (κ2) is 10.6. The van der Waals surface area contributed by atoms with Gasteiger partial charge in [-0.2, -0.15) is 13.2 Å². The molecule has 0 aromatic carbocycles. The number of aliphatic imine (C=N–C) groups is 1. The van der Waals surface area contributed by atoms with Crippen LogP contribution < -0.4 is 5.73 Å². The lowest BCUT2D eigenvalue weighted by atomic mass is 9.89. The number of fused-ring (bicyclic) bond motifs is 1. The Labute approximate surface area is 197 Å². The SMILES string of the molecule is C/C=C(\C)C(=O)N1CCc2c(C(N)=NC(=C\CC)/C=C(\OC)C(C)(C)C(F)(F)F)csc2C1. The fraction of sp³-hybridized carbons (Fsp3) is 0.500. The average Bonchev–Trinajstić information content (AvgIpc) is 3.18. The van der Waals surface area contributed by atoms with Crippen LogP contribution in [-0.4, -0.2) is 36.5 Å². The fourth-order valence-electron chi connectivity index (χ4n) is 3.40. The van der Waals surface area contributed by atoms with Crippen LogP contribution in [0.2, 0.25) is 0 Å². The zero-order chi connectivity index (χ0) is 25.0. The van der Waals surface area contributed by atoms with E-state index in [9.17, 15) is 18.0 Å². The van der Waals surface area contributed by atoms with Crippen LogP contribution in [0, 0.1) is 5.41 Å². The van der Waals surface area contributed by atoms with E-state index in [4.69, 9.17) is 10.5 Å². The van der Waals surface area contributed by atoms with Crippen molar-refractivity contribution >= 4 is 23.1 Å². The van der Waals surface area contributed by atoms with Crippen molar-refractivity contribution in [3.63, 3.8) is 0 Å². The van der Waals surface area contributed by atoms with Gasteiger partial charge in [-0.1, -0.05) is 19.1 Å². The number of carbonyl (C=O) groups excluding carboxylic acids is 1. The van der Waals surface area contributed by atoms with Crippen LogP contribution in [-0.2, 0) is 22.5 Å². The minimum atomic E-state index is -4.48. The number of alkyl halides is 3. The number of nitrogens with zero attached hydrogens (tertiary/aromatic N) is 2. The van der Waals surface area contributed by atoms with E-state index < -0.39 is 11.6 Å². The van der Waals surface area contributed by atoms with Gasteiger partial charge in [0.05, 0.1) is 19.4 Å². The van der Waals surface area contributed by atoms with Crippen molar-refractivity contribution in [1.29, 1.82) is 0 Å². The Balaban J connectivity index is 2.37. The highest BCUT2D eigenvalue weighted by atomic mass is 32.1. The summed E-state index contributed by atoms with van der Waals surface area (Å²) in [5.74, 6) is -0.00218. The largest absolute Gasteiger partial charge is 0.500 e. The average molecular weight is 484 g/mol. The third-order valence-electron chi connectivity index (χ3n) is 5.77. The Hall–Kier alpha value is -2.55. The predicted molar refractivity (Wildman–Crippen MR) is 127 cm³/mol. The van der Waals surface area contributed by atoms with Crippen LogP contribution in [0.3, 0.4) is 0 Å². The number of amidine groups is 1. The smallest absolute Gasteiger partial charge is 0.400 e. The molecule has 33 heavy (non-hydrogen) atoms. The van der Waals surface area contributed by atoms with Crippen LogP contribution in [0.1, 0.15) is 57.0 Å². The first-order chi connectivity index (χ1) is 15.4. The van der Waals surface area contributed by atoms with E-state index in [0.29, 0.717) is 37.2 Å². The van der Waals surface area contributed by atoms with Gasteiger partial charge in [-0.05, 0) is 46.1 Å². The summed E-state index contributed by atoms with van der Waals surface area (Å²) in [6.45, 7) is 8.70. The predicted octanol–water partition coefficient (Wildman–Crippen LogP) is 5.72. The van der Waals surface area contributed by atoms with Crippen molar-refractivity contribution in [2.75, 3.05) is 13.7 Å². The number of halogens is 3. The number of hydrogen-bond acceptors (Lipinski definition) is 4. The molecular formula is C24H32F3N3O2S. The molecule has 182 valence electrons. The molecule has 1 aromatic rings. The molecular weight excluding hydrogens is 451 g/mol. The van der Waals surface area contributed by atoms with Gasteiger partial charge in [-0.25, -0.2) is 4.99 Å². The van der Waals surface area contributed by atoms with E-state index >= 15 is 0 Å². The molecule has 2 rings (SSSR count). The van der Waals surface area contributed by atoms with Gasteiger partial charge in [-0.3, -0.25) is 4.79 Å². The van der Waals surface area contributed by atoms with Gasteiger partial charge in [0.1, 0.15) is 17.0 Å². The van der Waals surface area contributed by atoms with Crippen molar-refractivity contribution in [3.8, 4) is 0 Å². The molecule has 0 fully saturated rings. The third-order valence-corrected chi connectivity index (χ3v) is 6.78. The van der Waals surface area contributed by atoms with Crippen LogP contribution in [0.4, 0.5) is 13.2 Å². The van der Waals surface area contributed by atoms with E-state index in [0.717, 1.165) is 29.9 Å². The first-order valence-electron chi connectivity index (χ1n) is 10.8. The van der Waals surface area contributed by atoms with Crippen molar-refractivity contribution in [3.05, 3.63) is 56.6 Å². The Morgan fingerprint density at radius 3 is 2.58 bits per heavy atom. The molecule has 5 nitrogen and oxygen atoms in total. The maximum atomic E-state index is 13.5. The van der Waals surface area contributed by atoms with Gasteiger partial charge in [0.25, 0.3) is 0 Å². The molecule has 0 bridgehead atoms. The van der Waals surface area contributed by atoms with Gasteiger partial charge in [0, 0.05) is 34.0 Å². The second-order valence-electron chi connectivity index (χ2n) is 8.37.